The lowest BCUT2D eigenvalue weighted by Gasteiger charge is -2.08. The highest BCUT2D eigenvalue weighted by Crippen LogP contribution is 2.06. The first-order valence-corrected chi connectivity index (χ1v) is 3.80. The van der Waals surface area contributed by atoms with E-state index in [1.54, 1.807) is 6.08 Å². The summed E-state index contributed by atoms with van der Waals surface area (Å²) in [5.74, 6) is 0. The van der Waals surface area contributed by atoms with Crippen LogP contribution in [0.25, 0.3) is 0 Å². The first-order valence-electron chi connectivity index (χ1n) is 3.80. The first-order chi connectivity index (χ1) is 4.93. The minimum Gasteiger partial charge on any atom is -0.377 e. The van der Waals surface area contributed by atoms with Gasteiger partial charge in [-0.25, -0.2) is 0 Å². The van der Waals surface area contributed by atoms with Crippen LogP contribution in [0.15, 0.2) is 24.4 Å². The highest BCUT2D eigenvalue weighted by Gasteiger charge is 2.04. The fourth-order valence-electron chi connectivity index (χ4n) is 1.14. The Hall–Kier alpha value is -0.720. The minimum atomic E-state index is 1.22. The van der Waals surface area contributed by atoms with Crippen LogP contribution in [0.1, 0.15) is 12.8 Å². The van der Waals surface area contributed by atoms with Gasteiger partial charge in [0, 0.05) is 13.1 Å². The summed E-state index contributed by atoms with van der Waals surface area (Å²) in [6, 6.07) is 0. The quantitative estimate of drug-likeness (QED) is 0.525. The molecule has 1 nitrogen and oxygen atoms in total. The van der Waals surface area contributed by atoms with Crippen molar-refractivity contribution in [2.45, 2.75) is 12.8 Å². The molecule has 55 valence electrons. The predicted octanol–water partition coefficient (Wildman–Crippen LogP) is 1.99. The maximum Gasteiger partial charge on any atom is 0.0173 e. The summed E-state index contributed by atoms with van der Waals surface area (Å²) >= 11 is 0. The van der Waals surface area contributed by atoms with E-state index in [1.807, 2.05) is 12.2 Å². The van der Waals surface area contributed by atoms with Crippen molar-refractivity contribution in [3.05, 3.63) is 31.4 Å². The first kappa shape index (κ1) is 7.39. The van der Waals surface area contributed by atoms with E-state index in [-0.39, 0.29) is 0 Å². The highest BCUT2D eigenvalue weighted by atomic mass is 15.1. The van der Waals surface area contributed by atoms with Gasteiger partial charge in [-0.2, -0.15) is 0 Å². The van der Waals surface area contributed by atoms with Crippen LogP contribution >= 0.6 is 0 Å². The molecule has 1 rings (SSSR count). The van der Waals surface area contributed by atoms with Crippen LogP contribution in [0.2, 0.25) is 0 Å². The summed E-state index contributed by atoms with van der Waals surface area (Å²) < 4.78 is 0. The summed E-state index contributed by atoms with van der Waals surface area (Å²) in [4.78, 5) is 2.33. The molecule has 0 aromatic carbocycles. The van der Waals surface area contributed by atoms with Gasteiger partial charge in [0.2, 0.25) is 0 Å². The molecule has 0 unspecified atom stereocenters. The summed E-state index contributed by atoms with van der Waals surface area (Å²) in [7, 11) is 0. The van der Waals surface area contributed by atoms with Gasteiger partial charge < -0.3 is 4.90 Å². The molecular weight excluding hydrogens is 122 g/mol. The molecule has 1 aliphatic heterocycles. The van der Waals surface area contributed by atoms with Crippen molar-refractivity contribution in [2.75, 3.05) is 13.1 Å². The lowest BCUT2D eigenvalue weighted by Crippen LogP contribution is -2.09. The molecule has 1 saturated heterocycles. The summed E-state index contributed by atoms with van der Waals surface area (Å²) in [6.07, 6.45) is 10.6. The second-order valence-electron chi connectivity index (χ2n) is 2.51. The van der Waals surface area contributed by atoms with Gasteiger partial charge in [-0.05, 0) is 32.0 Å². The second-order valence-corrected chi connectivity index (χ2v) is 2.51. The van der Waals surface area contributed by atoms with Gasteiger partial charge in [0.05, 0.1) is 0 Å². The minimum absolute atomic E-state index is 1.22. The second kappa shape index (κ2) is 4.15. The molecule has 0 aromatic heterocycles. The zero-order chi connectivity index (χ0) is 7.23. The van der Waals surface area contributed by atoms with E-state index in [0.717, 1.165) is 0 Å². The van der Waals surface area contributed by atoms with Gasteiger partial charge >= 0.3 is 0 Å². The van der Waals surface area contributed by atoms with Crippen molar-refractivity contribution < 1.29 is 0 Å². The van der Waals surface area contributed by atoms with Crippen molar-refractivity contribution in [1.29, 1.82) is 0 Å². The molecule has 0 atom stereocenters. The average Bonchev–Trinajstić information content (AvgIpc) is 2.41. The number of rotatable bonds is 2. The largest absolute Gasteiger partial charge is 0.377 e. The fourth-order valence-corrected chi connectivity index (χ4v) is 1.14. The third kappa shape index (κ3) is 2.26. The Kier molecular flexibility index (Phi) is 3.07. The van der Waals surface area contributed by atoms with Crippen LogP contribution in [0, 0.1) is 6.92 Å². The van der Waals surface area contributed by atoms with Crippen LogP contribution < -0.4 is 0 Å². The Balaban J connectivity index is 2.22. The molecule has 1 heterocycles. The zero-order valence-corrected chi connectivity index (χ0v) is 6.29. The smallest absolute Gasteiger partial charge is 0.0173 e. The summed E-state index contributed by atoms with van der Waals surface area (Å²) in [5, 5.41) is 0. The van der Waals surface area contributed by atoms with Crippen molar-refractivity contribution in [3.63, 3.8) is 0 Å². The Morgan fingerprint density at radius 3 is 2.40 bits per heavy atom. The van der Waals surface area contributed by atoms with E-state index in [2.05, 4.69) is 18.0 Å². The molecule has 1 aliphatic rings. The Morgan fingerprint density at radius 1 is 1.10 bits per heavy atom. The molecular formula is C9H14N. The standard InChI is InChI=1S/C9H14N/c1-2-3-4-7-10-8-5-6-9-10/h2-4,7H,1,5-6,8-9H2. The van der Waals surface area contributed by atoms with E-state index in [0.29, 0.717) is 0 Å². The Labute approximate surface area is 63.0 Å². The average molecular weight is 136 g/mol. The van der Waals surface area contributed by atoms with E-state index in [1.165, 1.54) is 25.9 Å². The molecule has 0 saturated carbocycles. The highest BCUT2D eigenvalue weighted by molar-refractivity contribution is 5.03. The predicted molar refractivity (Wildman–Crippen MR) is 44.4 cm³/mol. The molecule has 1 fully saturated rings. The lowest BCUT2D eigenvalue weighted by atomic mass is 10.4. The molecule has 0 spiro atoms. The Morgan fingerprint density at radius 2 is 1.80 bits per heavy atom. The zero-order valence-electron chi connectivity index (χ0n) is 6.29. The van der Waals surface area contributed by atoms with E-state index < -0.39 is 0 Å². The maximum absolute atomic E-state index is 3.60. The fraction of sp³-hybridized carbons (Fsp3) is 0.444. The van der Waals surface area contributed by atoms with Crippen LogP contribution in [-0.4, -0.2) is 18.0 Å². The number of nitrogens with zero attached hydrogens (tertiary/aromatic N) is 1. The van der Waals surface area contributed by atoms with E-state index in [9.17, 15) is 0 Å². The van der Waals surface area contributed by atoms with E-state index >= 15 is 0 Å². The SMILES string of the molecule is [CH2]C=CC=CN1CCCC1. The third-order valence-electron chi connectivity index (χ3n) is 1.68. The van der Waals surface area contributed by atoms with Crippen molar-refractivity contribution >= 4 is 0 Å². The third-order valence-corrected chi connectivity index (χ3v) is 1.68. The Bertz CT molecular complexity index is 130. The number of hydrogen-bond acceptors (Lipinski definition) is 1. The molecule has 1 radical (unpaired) electrons. The van der Waals surface area contributed by atoms with Gasteiger partial charge in [-0.15, -0.1) is 0 Å². The van der Waals surface area contributed by atoms with Gasteiger partial charge in [-0.3, -0.25) is 0 Å². The van der Waals surface area contributed by atoms with Crippen LogP contribution in [0.4, 0.5) is 0 Å². The number of likely N-dealkylation sites (tertiary alicyclic amines) is 1. The molecule has 0 aliphatic carbocycles. The van der Waals surface area contributed by atoms with Crippen LogP contribution in [0.3, 0.4) is 0 Å². The van der Waals surface area contributed by atoms with Crippen molar-refractivity contribution in [1.82, 2.24) is 4.90 Å². The monoisotopic (exact) mass is 136 g/mol. The molecule has 0 aromatic rings. The van der Waals surface area contributed by atoms with Gasteiger partial charge in [0.1, 0.15) is 0 Å². The molecule has 0 bridgehead atoms. The van der Waals surface area contributed by atoms with Gasteiger partial charge in [0.15, 0.2) is 0 Å². The molecule has 1 heteroatoms. The van der Waals surface area contributed by atoms with Crippen LogP contribution in [0.5, 0.6) is 0 Å². The van der Waals surface area contributed by atoms with Crippen molar-refractivity contribution in [3.8, 4) is 0 Å². The van der Waals surface area contributed by atoms with E-state index in [4.69, 9.17) is 0 Å². The maximum atomic E-state index is 3.60. The topological polar surface area (TPSA) is 3.24 Å². The normalized spacial score (nSPS) is 19.9. The summed E-state index contributed by atoms with van der Waals surface area (Å²) in [5.41, 5.74) is 0. The van der Waals surface area contributed by atoms with Crippen LogP contribution in [-0.2, 0) is 0 Å². The molecule has 0 N–H and O–H groups in total. The summed E-state index contributed by atoms with van der Waals surface area (Å²) in [6.45, 7) is 6.05. The van der Waals surface area contributed by atoms with Gasteiger partial charge in [-0.1, -0.05) is 12.2 Å². The number of allylic oxidation sites excluding steroid dienone is 3. The number of hydrogen-bond donors (Lipinski definition) is 0. The van der Waals surface area contributed by atoms with Gasteiger partial charge in [0.25, 0.3) is 0 Å². The molecule has 0 amide bonds. The lowest BCUT2D eigenvalue weighted by molar-refractivity contribution is 0.468. The van der Waals surface area contributed by atoms with Crippen molar-refractivity contribution in [2.24, 2.45) is 0 Å². The molecule has 10 heavy (non-hydrogen) atoms.